The normalized spacial score (nSPS) is 10.7. The second kappa shape index (κ2) is 13.9. The molecular weight excluding hydrogens is 740 g/mol. The number of nitrogens with one attached hydrogen (secondary N) is 2. The summed E-state index contributed by atoms with van der Waals surface area (Å²) < 4.78 is 52.7. The summed E-state index contributed by atoms with van der Waals surface area (Å²) in [6, 6.07) is 26.7. The number of carbonyl (C=O) groups excluding carboxylic acids is 2. The Labute approximate surface area is 245 Å². The maximum absolute atomic E-state index is 12.1. The molecule has 0 heterocycles. The Morgan fingerprint density at radius 3 is 1.08 bits per heavy atom. The minimum Gasteiger partial charge on any atom is -0.545 e. The van der Waals surface area contributed by atoms with E-state index >= 15 is 0 Å². The Kier molecular flexibility index (Phi) is 11.2. The Bertz CT molecular complexity index is 1520. The molecule has 0 saturated carbocycles. The summed E-state index contributed by atoms with van der Waals surface area (Å²) >= 11 is 0. The number of para-hydroxylation sites is 2. The van der Waals surface area contributed by atoms with Crippen molar-refractivity contribution >= 4 is 70.7 Å². The summed E-state index contributed by atoms with van der Waals surface area (Å²) in [6.07, 6.45) is 0. The van der Waals surface area contributed by atoms with Crippen LogP contribution >= 0.6 is 0 Å². The number of hydrogen-bond donors (Lipinski definition) is 2. The fourth-order valence-corrected chi connectivity index (χ4v) is 5.31. The SMILES string of the molecule is O=C([O-])c1ccccc1NS(=O)(=O)c1ccccc1.O=C([O-])c1ccccc1NS(=O)(=O)c1ccccc1.[Pb+2]. The number of sulfonamides is 2. The smallest absolute Gasteiger partial charge is 0.545 e. The van der Waals surface area contributed by atoms with Crippen molar-refractivity contribution in [3.8, 4) is 0 Å². The van der Waals surface area contributed by atoms with Gasteiger partial charge in [0.05, 0.1) is 33.1 Å². The average Bonchev–Trinajstić information content (AvgIpc) is 2.90. The van der Waals surface area contributed by atoms with Crippen LogP contribution in [0.3, 0.4) is 0 Å². The molecule has 4 rings (SSSR count). The first-order valence-corrected chi connectivity index (χ1v) is 13.7. The molecule has 0 spiro atoms. The first-order chi connectivity index (χ1) is 18.0. The van der Waals surface area contributed by atoms with E-state index in [0.29, 0.717) is 0 Å². The number of carboxylic acids is 2. The molecule has 0 bridgehead atoms. The van der Waals surface area contributed by atoms with Crippen molar-refractivity contribution in [1.82, 2.24) is 0 Å². The third kappa shape index (κ3) is 8.63. The second-order valence-corrected chi connectivity index (χ2v) is 10.9. The monoisotopic (exact) mass is 760 g/mol. The van der Waals surface area contributed by atoms with Crippen LogP contribution in [0, 0.1) is 0 Å². The largest absolute Gasteiger partial charge is 2.00 e. The van der Waals surface area contributed by atoms with Crippen molar-refractivity contribution < 1.29 is 36.6 Å². The van der Waals surface area contributed by atoms with E-state index in [1.807, 2.05) is 0 Å². The van der Waals surface area contributed by atoms with E-state index in [1.54, 1.807) is 36.4 Å². The number of carboxylic acid groups (broad SMARTS) is 2. The van der Waals surface area contributed by atoms with Gasteiger partial charge in [0.2, 0.25) is 0 Å². The van der Waals surface area contributed by atoms with Gasteiger partial charge in [0.15, 0.2) is 0 Å². The van der Waals surface area contributed by atoms with Crippen LogP contribution in [0.1, 0.15) is 20.7 Å². The van der Waals surface area contributed by atoms with Crippen LogP contribution in [0.2, 0.25) is 0 Å². The Balaban J connectivity index is 0.000000267. The molecule has 2 radical (unpaired) electrons. The summed E-state index contributed by atoms with van der Waals surface area (Å²) in [6.45, 7) is 0. The van der Waals surface area contributed by atoms with Crippen molar-refractivity contribution in [2.24, 2.45) is 0 Å². The minimum atomic E-state index is -3.81. The zero-order valence-corrected chi connectivity index (χ0v) is 25.5. The molecule has 4 aromatic rings. The predicted molar refractivity (Wildman–Crippen MR) is 142 cm³/mol. The van der Waals surface area contributed by atoms with Gasteiger partial charge in [0.25, 0.3) is 20.0 Å². The van der Waals surface area contributed by atoms with Gasteiger partial charge in [0.1, 0.15) is 0 Å². The summed E-state index contributed by atoms with van der Waals surface area (Å²) in [5.41, 5.74) is -0.457. The second-order valence-electron chi connectivity index (χ2n) is 7.50. The molecule has 0 unspecified atom stereocenters. The van der Waals surface area contributed by atoms with Gasteiger partial charge in [0, 0.05) is 11.1 Å². The zero-order valence-electron chi connectivity index (χ0n) is 20.0. The molecule has 0 aliphatic carbocycles. The molecule has 0 amide bonds. The van der Waals surface area contributed by atoms with Crippen molar-refractivity contribution in [1.29, 1.82) is 0 Å². The van der Waals surface area contributed by atoms with E-state index in [2.05, 4.69) is 9.44 Å². The molecule has 0 aromatic heterocycles. The van der Waals surface area contributed by atoms with Crippen LogP contribution in [0.15, 0.2) is 119 Å². The molecule has 0 atom stereocenters. The maximum atomic E-state index is 12.1. The van der Waals surface area contributed by atoms with Gasteiger partial charge in [-0.2, -0.15) is 0 Å². The van der Waals surface area contributed by atoms with Gasteiger partial charge in [-0.1, -0.05) is 72.8 Å². The van der Waals surface area contributed by atoms with Crippen LogP contribution in [0.4, 0.5) is 11.4 Å². The Hall–Kier alpha value is -3.76. The van der Waals surface area contributed by atoms with E-state index in [-0.39, 0.29) is 59.6 Å². The van der Waals surface area contributed by atoms with Crippen molar-refractivity contribution in [2.45, 2.75) is 9.79 Å². The fourth-order valence-electron chi connectivity index (χ4n) is 3.11. The molecule has 10 nitrogen and oxygen atoms in total. The topological polar surface area (TPSA) is 173 Å². The fraction of sp³-hybridized carbons (Fsp3) is 0. The molecule has 2 N–H and O–H groups in total. The van der Waals surface area contributed by atoms with Crippen molar-refractivity contribution in [3.05, 3.63) is 120 Å². The summed E-state index contributed by atoms with van der Waals surface area (Å²) in [7, 11) is -7.62. The quantitative estimate of drug-likeness (QED) is 0.253. The van der Waals surface area contributed by atoms with Crippen LogP contribution in [-0.2, 0) is 20.0 Å². The molecular formula is C26H20N2O8PbS2. The summed E-state index contributed by atoms with van der Waals surface area (Å²) in [5.74, 6) is -2.88. The first kappa shape index (κ1) is 31.5. The van der Waals surface area contributed by atoms with E-state index in [0.717, 1.165) is 0 Å². The Morgan fingerprint density at radius 1 is 0.487 bits per heavy atom. The van der Waals surface area contributed by atoms with Gasteiger partial charge in [-0.05, 0) is 36.4 Å². The number of rotatable bonds is 8. The third-order valence-corrected chi connectivity index (χ3v) is 7.65. The van der Waals surface area contributed by atoms with Crippen LogP contribution < -0.4 is 19.7 Å². The number of aromatic carboxylic acids is 2. The van der Waals surface area contributed by atoms with Gasteiger partial charge in [-0.15, -0.1) is 0 Å². The molecule has 13 heteroatoms. The number of anilines is 2. The predicted octanol–water partition coefficient (Wildman–Crippen LogP) is 1.32. The van der Waals surface area contributed by atoms with Gasteiger partial charge in [-0.3, -0.25) is 9.44 Å². The number of carbonyl (C=O) groups is 2. The van der Waals surface area contributed by atoms with Gasteiger partial charge >= 0.3 is 27.3 Å². The van der Waals surface area contributed by atoms with E-state index in [9.17, 15) is 36.6 Å². The maximum Gasteiger partial charge on any atom is 2.00 e. The van der Waals surface area contributed by atoms with Crippen LogP contribution in [-0.4, -0.2) is 56.1 Å². The van der Waals surface area contributed by atoms with E-state index in [4.69, 9.17) is 0 Å². The molecule has 0 saturated heterocycles. The molecule has 39 heavy (non-hydrogen) atoms. The number of benzene rings is 4. The molecule has 0 aliphatic heterocycles. The summed E-state index contributed by atoms with van der Waals surface area (Å²) in [5, 5.41) is 21.8. The molecule has 0 fully saturated rings. The van der Waals surface area contributed by atoms with Crippen LogP contribution in [0.25, 0.3) is 0 Å². The van der Waals surface area contributed by atoms with Gasteiger partial charge in [-0.25, -0.2) is 16.8 Å². The number of hydrogen-bond acceptors (Lipinski definition) is 8. The average molecular weight is 760 g/mol. The van der Waals surface area contributed by atoms with Crippen molar-refractivity contribution in [3.63, 3.8) is 0 Å². The molecule has 0 aliphatic rings. The standard InChI is InChI=1S/2C13H11NO4S.Pb/c2*15-13(16)11-8-4-5-9-12(11)14-19(17,18)10-6-2-1-3-7-10;/h2*1-9,14H,(H,15,16);/q;;+2/p-2. The van der Waals surface area contributed by atoms with E-state index in [1.165, 1.54) is 72.8 Å². The molecule has 4 aromatic carbocycles. The summed E-state index contributed by atoms with van der Waals surface area (Å²) in [4.78, 5) is 21.9. The minimum absolute atomic E-state index is 0. The zero-order chi connectivity index (χ0) is 27.8. The van der Waals surface area contributed by atoms with Crippen LogP contribution in [0.5, 0.6) is 0 Å². The van der Waals surface area contributed by atoms with Crippen molar-refractivity contribution in [2.75, 3.05) is 9.44 Å². The third-order valence-electron chi connectivity index (χ3n) is 4.89. The van der Waals surface area contributed by atoms with E-state index < -0.39 is 32.0 Å². The Morgan fingerprint density at radius 2 is 0.769 bits per heavy atom. The molecule has 198 valence electrons. The van der Waals surface area contributed by atoms with Gasteiger partial charge < -0.3 is 19.8 Å². The first-order valence-electron chi connectivity index (χ1n) is 10.8.